The number of benzene rings is 3. The Hall–Kier alpha value is -3.02. The number of nitrogens with one attached hydrogen (secondary N) is 2. The number of amides is 3. The van der Waals surface area contributed by atoms with Crippen LogP contribution in [0.4, 0.5) is 10.5 Å². The van der Waals surface area contributed by atoms with Crippen molar-refractivity contribution >= 4 is 40.8 Å². The minimum absolute atomic E-state index is 0.223. The van der Waals surface area contributed by atoms with Crippen molar-refractivity contribution in [1.29, 1.82) is 0 Å². The highest BCUT2D eigenvalue weighted by Crippen LogP contribution is 2.26. The highest BCUT2D eigenvalue weighted by molar-refractivity contribution is 6.32. The van der Waals surface area contributed by atoms with Gasteiger partial charge in [0.05, 0.1) is 5.02 Å². The molecule has 3 rings (SSSR count). The molecule has 0 unspecified atom stereocenters. The predicted octanol–water partition coefficient (Wildman–Crippen LogP) is 5.84. The number of anilines is 1. The van der Waals surface area contributed by atoms with Crippen LogP contribution in [0.5, 0.6) is 5.75 Å². The van der Waals surface area contributed by atoms with E-state index in [-0.39, 0.29) is 6.61 Å². The van der Waals surface area contributed by atoms with Gasteiger partial charge in [0, 0.05) is 21.8 Å². The molecule has 0 aromatic heterocycles. The summed E-state index contributed by atoms with van der Waals surface area (Å²) in [5.74, 6) is 0.0815. The summed E-state index contributed by atoms with van der Waals surface area (Å²) in [4.78, 5) is 24.3. The maximum atomic E-state index is 12.2. The summed E-state index contributed by atoms with van der Waals surface area (Å²) >= 11 is 12.4. The average molecular weight is 429 g/mol. The first kappa shape index (κ1) is 20.7. The zero-order chi connectivity index (χ0) is 20.8. The average Bonchev–Trinajstić information content (AvgIpc) is 2.68. The smallest absolute Gasteiger partial charge is 0.326 e. The Morgan fingerprint density at radius 2 is 1.66 bits per heavy atom. The SMILES string of the molecule is Cc1ccccc1C(=O)NC(=O)Nc1ccc(COc2ccccc2Cl)c(Cl)c1. The molecule has 29 heavy (non-hydrogen) atoms. The van der Waals surface area contributed by atoms with Crippen molar-refractivity contribution in [2.45, 2.75) is 13.5 Å². The van der Waals surface area contributed by atoms with E-state index in [0.29, 0.717) is 27.0 Å². The van der Waals surface area contributed by atoms with Gasteiger partial charge >= 0.3 is 6.03 Å². The van der Waals surface area contributed by atoms with Crippen LogP contribution in [-0.4, -0.2) is 11.9 Å². The molecular weight excluding hydrogens is 411 g/mol. The number of ether oxygens (including phenoxy) is 1. The number of carbonyl (C=O) groups is 2. The molecule has 2 N–H and O–H groups in total. The Kier molecular flexibility index (Phi) is 6.75. The molecule has 0 aliphatic heterocycles. The van der Waals surface area contributed by atoms with Crippen LogP contribution in [0, 0.1) is 6.92 Å². The van der Waals surface area contributed by atoms with Crippen molar-refractivity contribution in [3.8, 4) is 5.75 Å². The van der Waals surface area contributed by atoms with Gasteiger partial charge in [0.1, 0.15) is 12.4 Å². The normalized spacial score (nSPS) is 10.3. The molecule has 5 nitrogen and oxygen atoms in total. The molecule has 0 aliphatic rings. The van der Waals surface area contributed by atoms with Gasteiger partial charge in [-0.3, -0.25) is 10.1 Å². The van der Waals surface area contributed by atoms with E-state index in [4.69, 9.17) is 27.9 Å². The van der Waals surface area contributed by atoms with Crippen molar-refractivity contribution < 1.29 is 14.3 Å². The van der Waals surface area contributed by atoms with Crippen LogP contribution in [0.2, 0.25) is 10.0 Å². The Bertz CT molecular complexity index is 1050. The molecule has 3 aromatic carbocycles. The van der Waals surface area contributed by atoms with E-state index in [1.807, 2.05) is 18.2 Å². The topological polar surface area (TPSA) is 67.4 Å². The van der Waals surface area contributed by atoms with Gasteiger partial charge in [-0.1, -0.05) is 59.6 Å². The monoisotopic (exact) mass is 428 g/mol. The van der Waals surface area contributed by atoms with Crippen LogP contribution in [0.15, 0.2) is 66.7 Å². The van der Waals surface area contributed by atoms with Crippen molar-refractivity contribution in [3.63, 3.8) is 0 Å². The zero-order valence-corrected chi connectivity index (χ0v) is 17.1. The molecule has 3 aromatic rings. The van der Waals surface area contributed by atoms with E-state index >= 15 is 0 Å². The molecule has 0 aliphatic carbocycles. The number of halogens is 2. The fourth-order valence-electron chi connectivity index (χ4n) is 2.62. The highest BCUT2D eigenvalue weighted by atomic mass is 35.5. The quantitative estimate of drug-likeness (QED) is 0.535. The lowest BCUT2D eigenvalue weighted by Gasteiger charge is -2.11. The van der Waals surface area contributed by atoms with Gasteiger partial charge in [0.25, 0.3) is 5.91 Å². The van der Waals surface area contributed by atoms with E-state index in [0.717, 1.165) is 11.1 Å². The summed E-state index contributed by atoms with van der Waals surface area (Å²) in [7, 11) is 0. The molecule has 0 bridgehead atoms. The molecule has 7 heteroatoms. The largest absolute Gasteiger partial charge is 0.487 e. The standard InChI is InChI=1S/C22H18Cl2N2O3/c1-14-6-2-3-7-17(14)21(27)26-22(28)25-16-11-10-15(19(24)12-16)13-29-20-9-5-4-8-18(20)23/h2-12H,13H2,1H3,(H2,25,26,27,28). The van der Waals surface area contributed by atoms with E-state index in [1.54, 1.807) is 55.5 Å². The lowest BCUT2D eigenvalue weighted by Crippen LogP contribution is -2.34. The lowest BCUT2D eigenvalue weighted by atomic mass is 10.1. The summed E-state index contributed by atoms with van der Waals surface area (Å²) < 4.78 is 5.68. The Morgan fingerprint density at radius 1 is 0.931 bits per heavy atom. The van der Waals surface area contributed by atoms with Crippen molar-refractivity contribution in [2.75, 3.05) is 5.32 Å². The van der Waals surface area contributed by atoms with Crippen molar-refractivity contribution in [1.82, 2.24) is 5.32 Å². The lowest BCUT2D eigenvalue weighted by molar-refractivity contribution is 0.0966. The van der Waals surface area contributed by atoms with Gasteiger partial charge in [-0.15, -0.1) is 0 Å². The number of urea groups is 1. The number of hydrogen-bond donors (Lipinski definition) is 2. The summed E-state index contributed by atoms with van der Waals surface area (Å²) in [6.07, 6.45) is 0. The van der Waals surface area contributed by atoms with Crippen molar-refractivity contribution in [3.05, 3.63) is 93.5 Å². The van der Waals surface area contributed by atoms with E-state index in [1.165, 1.54) is 0 Å². The fourth-order valence-corrected chi connectivity index (χ4v) is 3.05. The second kappa shape index (κ2) is 9.45. The van der Waals surface area contributed by atoms with E-state index < -0.39 is 11.9 Å². The van der Waals surface area contributed by atoms with Crippen LogP contribution in [0.3, 0.4) is 0 Å². The minimum atomic E-state index is -0.644. The van der Waals surface area contributed by atoms with Crippen molar-refractivity contribution in [2.24, 2.45) is 0 Å². The summed E-state index contributed by atoms with van der Waals surface area (Å²) in [6, 6.07) is 18.5. The molecule has 0 spiro atoms. The van der Waals surface area contributed by atoms with E-state index in [2.05, 4.69) is 10.6 Å². The van der Waals surface area contributed by atoms with E-state index in [9.17, 15) is 9.59 Å². The Morgan fingerprint density at radius 3 is 2.38 bits per heavy atom. The maximum absolute atomic E-state index is 12.2. The second-order valence-electron chi connectivity index (χ2n) is 6.25. The molecule has 148 valence electrons. The van der Waals surface area contributed by atoms with Gasteiger partial charge in [-0.2, -0.15) is 0 Å². The van der Waals surface area contributed by atoms with Crippen LogP contribution in [0.1, 0.15) is 21.5 Å². The fraction of sp³-hybridized carbons (Fsp3) is 0.0909. The molecular formula is C22H18Cl2N2O3. The number of hydrogen-bond acceptors (Lipinski definition) is 3. The van der Waals surface area contributed by atoms with Gasteiger partial charge in [0.15, 0.2) is 0 Å². The van der Waals surface area contributed by atoms with Crippen LogP contribution in [-0.2, 0) is 6.61 Å². The Balaban J connectivity index is 1.60. The molecule has 3 amide bonds. The van der Waals surface area contributed by atoms with Crippen LogP contribution >= 0.6 is 23.2 Å². The summed E-state index contributed by atoms with van der Waals surface area (Å²) in [6.45, 7) is 2.02. The molecule has 0 atom stereocenters. The van der Waals surface area contributed by atoms with Crippen LogP contribution < -0.4 is 15.4 Å². The number of imide groups is 1. The zero-order valence-electron chi connectivity index (χ0n) is 15.5. The third-order valence-corrected chi connectivity index (χ3v) is 4.81. The van der Waals surface area contributed by atoms with Gasteiger partial charge in [0.2, 0.25) is 0 Å². The first-order valence-corrected chi connectivity index (χ1v) is 9.53. The molecule has 0 saturated heterocycles. The predicted molar refractivity (Wildman–Crippen MR) is 115 cm³/mol. The van der Waals surface area contributed by atoms with Gasteiger partial charge in [-0.25, -0.2) is 4.79 Å². The number of para-hydroxylation sites is 1. The molecule has 0 heterocycles. The third-order valence-electron chi connectivity index (χ3n) is 4.15. The summed E-state index contributed by atoms with van der Waals surface area (Å²) in [5.41, 5.74) is 2.40. The first-order valence-electron chi connectivity index (χ1n) is 8.78. The minimum Gasteiger partial charge on any atom is -0.487 e. The second-order valence-corrected chi connectivity index (χ2v) is 7.06. The maximum Gasteiger partial charge on any atom is 0.326 e. The third kappa shape index (κ3) is 5.50. The Labute approximate surface area is 178 Å². The number of carbonyl (C=O) groups excluding carboxylic acids is 2. The molecule has 0 saturated carbocycles. The van der Waals surface area contributed by atoms with Gasteiger partial charge in [-0.05, 0) is 42.8 Å². The molecule has 0 fully saturated rings. The highest BCUT2D eigenvalue weighted by Gasteiger charge is 2.13. The molecule has 0 radical (unpaired) electrons. The summed E-state index contributed by atoms with van der Waals surface area (Å²) in [5, 5.41) is 5.82. The first-order chi connectivity index (χ1) is 13.9. The number of rotatable bonds is 5. The number of aryl methyl sites for hydroxylation is 1. The van der Waals surface area contributed by atoms with Crippen LogP contribution in [0.25, 0.3) is 0 Å². The van der Waals surface area contributed by atoms with Gasteiger partial charge < -0.3 is 10.1 Å².